The maximum Gasteiger partial charge on any atom is 0.0450 e. The molecule has 0 unspecified atom stereocenters. The molecule has 0 N–H and O–H groups in total. The number of pyridine rings is 1. The van der Waals surface area contributed by atoms with E-state index in [0.717, 1.165) is 28.3 Å². The van der Waals surface area contributed by atoms with E-state index in [1.807, 2.05) is 30.5 Å². The number of benzene rings is 5. The quantitative estimate of drug-likeness (QED) is 0.186. The number of nitrogens with zero attached hydrogens (tertiary/aromatic N) is 2. The van der Waals surface area contributed by atoms with Crippen molar-refractivity contribution in [2.45, 2.75) is 0 Å². The van der Waals surface area contributed by atoms with Crippen LogP contribution in [0.3, 0.4) is 0 Å². The third-order valence-corrected chi connectivity index (χ3v) is 5.97. The van der Waals surface area contributed by atoms with Crippen LogP contribution >= 0.6 is 0 Å². The monoisotopic (exact) mass is 614 g/mol. The van der Waals surface area contributed by atoms with E-state index >= 15 is 0 Å². The second-order valence-corrected chi connectivity index (χ2v) is 8.07. The Balaban J connectivity index is 0.00000241. The number of hydrogen-bond donors (Lipinski definition) is 0. The Morgan fingerprint density at radius 1 is 0.529 bits per heavy atom. The summed E-state index contributed by atoms with van der Waals surface area (Å²) in [6.07, 6.45) is 1.82. The standard InChI is InChI=1S/C31H21N2.Ir/c1-3-10-25-20-29(17-15-23(25)8-1)33(30-18-16-24-9-2-4-11-26(24)21-30)28-13-7-12-27(22-28)31-14-5-6-19-32-31;/h1-11,13-22H;/q-1;. The minimum absolute atomic E-state index is 0. The smallest absolute Gasteiger partial charge is 0.0450 e. The van der Waals surface area contributed by atoms with E-state index in [4.69, 9.17) is 0 Å². The van der Waals surface area contributed by atoms with Crippen LogP contribution in [-0.4, -0.2) is 4.98 Å². The first-order valence-corrected chi connectivity index (χ1v) is 11.1. The molecule has 0 spiro atoms. The van der Waals surface area contributed by atoms with Crippen molar-refractivity contribution in [2.24, 2.45) is 0 Å². The second-order valence-electron chi connectivity index (χ2n) is 8.07. The molecule has 0 fully saturated rings. The first-order valence-electron chi connectivity index (χ1n) is 11.1. The fourth-order valence-electron chi connectivity index (χ4n) is 4.34. The SMILES string of the molecule is [Ir].[c-]1ccc(N(c2ccc3ccccc3c2)c2ccc3ccccc3c2)cc1-c1ccccn1. The average molecular weight is 614 g/mol. The second kappa shape index (κ2) is 9.60. The molecule has 34 heavy (non-hydrogen) atoms. The fraction of sp³-hybridized carbons (Fsp3) is 0. The number of rotatable bonds is 4. The Hall–Kier alpha value is -3.78. The first kappa shape index (κ1) is 22.0. The van der Waals surface area contributed by atoms with Crippen molar-refractivity contribution in [3.8, 4) is 11.3 Å². The van der Waals surface area contributed by atoms with Crippen LogP contribution < -0.4 is 4.90 Å². The van der Waals surface area contributed by atoms with Crippen LogP contribution in [0, 0.1) is 6.07 Å². The Labute approximate surface area is 212 Å². The van der Waals surface area contributed by atoms with Gasteiger partial charge in [0.2, 0.25) is 0 Å². The van der Waals surface area contributed by atoms with Crippen molar-refractivity contribution in [1.29, 1.82) is 0 Å². The molecule has 2 nitrogen and oxygen atoms in total. The summed E-state index contributed by atoms with van der Waals surface area (Å²) < 4.78 is 0. The van der Waals surface area contributed by atoms with Crippen molar-refractivity contribution >= 4 is 38.6 Å². The van der Waals surface area contributed by atoms with Crippen molar-refractivity contribution in [1.82, 2.24) is 4.98 Å². The molecule has 0 atom stereocenters. The number of aromatic nitrogens is 1. The summed E-state index contributed by atoms with van der Waals surface area (Å²) in [6, 6.07) is 45.8. The van der Waals surface area contributed by atoms with Gasteiger partial charge >= 0.3 is 0 Å². The van der Waals surface area contributed by atoms with Crippen LogP contribution in [0.2, 0.25) is 0 Å². The topological polar surface area (TPSA) is 16.1 Å². The zero-order valence-electron chi connectivity index (χ0n) is 18.4. The molecule has 0 bridgehead atoms. The van der Waals surface area contributed by atoms with Gasteiger partial charge in [-0.3, -0.25) is 0 Å². The van der Waals surface area contributed by atoms with Crippen molar-refractivity contribution < 1.29 is 20.1 Å². The van der Waals surface area contributed by atoms with Gasteiger partial charge in [-0.1, -0.05) is 72.8 Å². The number of hydrogen-bond acceptors (Lipinski definition) is 2. The van der Waals surface area contributed by atoms with E-state index in [0.29, 0.717) is 0 Å². The van der Waals surface area contributed by atoms with Gasteiger partial charge in [0.05, 0.1) is 0 Å². The first-order chi connectivity index (χ1) is 16.3. The zero-order chi connectivity index (χ0) is 22.0. The van der Waals surface area contributed by atoms with Gasteiger partial charge in [-0.2, -0.15) is 0 Å². The Morgan fingerprint density at radius 3 is 1.68 bits per heavy atom. The molecule has 6 rings (SSSR count). The molecule has 1 heterocycles. The molecule has 0 aliphatic carbocycles. The molecule has 0 aliphatic heterocycles. The van der Waals surface area contributed by atoms with Crippen molar-refractivity contribution in [3.63, 3.8) is 0 Å². The molecule has 1 aromatic heterocycles. The van der Waals surface area contributed by atoms with Gasteiger partial charge in [-0.05, 0) is 63.3 Å². The third-order valence-electron chi connectivity index (χ3n) is 5.97. The molecule has 0 saturated carbocycles. The number of fused-ring (bicyclic) bond motifs is 2. The molecule has 1 radical (unpaired) electrons. The van der Waals surface area contributed by atoms with Gasteiger partial charge in [0.25, 0.3) is 0 Å². The van der Waals surface area contributed by atoms with Crippen LogP contribution in [0.5, 0.6) is 0 Å². The van der Waals surface area contributed by atoms with Gasteiger partial charge in [0, 0.05) is 37.7 Å². The van der Waals surface area contributed by atoms with Gasteiger partial charge < -0.3 is 9.88 Å². The Morgan fingerprint density at radius 2 is 1.09 bits per heavy atom. The van der Waals surface area contributed by atoms with E-state index in [-0.39, 0.29) is 20.1 Å². The normalized spacial score (nSPS) is 10.7. The zero-order valence-corrected chi connectivity index (χ0v) is 20.7. The molecule has 5 aromatic carbocycles. The predicted octanol–water partition coefficient (Wildman–Crippen LogP) is 8.32. The molecular weight excluding hydrogens is 593 g/mol. The average Bonchev–Trinajstić information content (AvgIpc) is 2.89. The number of anilines is 3. The summed E-state index contributed by atoms with van der Waals surface area (Å²) in [5.74, 6) is 0. The minimum atomic E-state index is 0. The summed E-state index contributed by atoms with van der Waals surface area (Å²) in [5, 5.41) is 4.90. The van der Waals surface area contributed by atoms with Crippen LogP contribution in [0.25, 0.3) is 32.8 Å². The van der Waals surface area contributed by atoms with Gasteiger partial charge in [0.1, 0.15) is 0 Å². The van der Waals surface area contributed by atoms with Crippen molar-refractivity contribution in [2.75, 3.05) is 4.90 Å². The molecule has 165 valence electrons. The Bertz CT molecular complexity index is 1500. The van der Waals surface area contributed by atoms with Crippen molar-refractivity contribution in [3.05, 3.63) is 134 Å². The summed E-state index contributed by atoms with van der Waals surface area (Å²) in [5.41, 5.74) is 5.18. The summed E-state index contributed by atoms with van der Waals surface area (Å²) in [6.45, 7) is 0. The predicted molar refractivity (Wildman–Crippen MR) is 138 cm³/mol. The van der Waals surface area contributed by atoms with Crippen LogP contribution in [0.15, 0.2) is 128 Å². The molecule has 3 heteroatoms. The van der Waals surface area contributed by atoms with E-state index in [1.54, 1.807) is 0 Å². The summed E-state index contributed by atoms with van der Waals surface area (Å²) in [4.78, 5) is 6.83. The van der Waals surface area contributed by atoms with E-state index in [2.05, 4.69) is 113 Å². The van der Waals surface area contributed by atoms with Crippen LogP contribution in [-0.2, 0) is 20.1 Å². The summed E-state index contributed by atoms with van der Waals surface area (Å²) in [7, 11) is 0. The van der Waals surface area contributed by atoms with Gasteiger partial charge in [-0.25, -0.2) is 0 Å². The Kier molecular flexibility index (Phi) is 6.22. The fourth-order valence-corrected chi connectivity index (χ4v) is 4.34. The van der Waals surface area contributed by atoms with E-state index in [9.17, 15) is 0 Å². The molecular formula is C31H21IrN2-. The van der Waals surface area contributed by atoms with E-state index < -0.39 is 0 Å². The maximum atomic E-state index is 4.53. The summed E-state index contributed by atoms with van der Waals surface area (Å²) >= 11 is 0. The molecule has 0 aliphatic rings. The largest absolute Gasteiger partial charge is 0.328 e. The van der Waals surface area contributed by atoms with Gasteiger partial charge in [0.15, 0.2) is 0 Å². The maximum absolute atomic E-state index is 4.53. The van der Waals surface area contributed by atoms with Crippen LogP contribution in [0.1, 0.15) is 0 Å². The molecule has 0 amide bonds. The van der Waals surface area contributed by atoms with E-state index in [1.165, 1.54) is 21.5 Å². The third kappa shape index (κ3) is 4.24. The minimum Gasteiger partial charge on any atom is -0.328 e. The molecule has 6 aromatic rings. The molecule has 0 saturated heterocycles. The van der Waals surface area contributed by atoms with Gasteiger partial charge in [-0.15, -0.1) is 29.8 Å². The van der Waals surface area contributed by atoms with Crippen LogP contribution in [0.4, 0.5) is 17.1 Å².